The summed E-state index contributed by atoms with van der Waals surface area (Å²) in [6.07, 6.45) is 0.897. The van der Waals surface area contributed by atoms with E-state index in [0.717, 1.165) is 0 Å². The van der Waals surface area contributed by atoms with Crippen molar-refractivity contribution in [1.29, 1.82) is 5.26 Å². The van der Waals surface area contributed by atoms with Crippen LogP contribution in [-0.4, -0.2) is 21.1 Å². The lowest BCUT2D eigenvalue weighted by Crippen LogP contribution is -2.34. The van der Waals surface area contributed by atoms with Crippen molar-refractivity contribution in [2.45, 2.75) is 40.5 Å². The quantitative estimate of drug-likeness (QED) is 0.875. The summed E-state index contributed by atoms with van der Waals surface area (Å²) in [5.41, 5.74) is 0.392. The van der Waals surface area contributed by atoms with Gasteiger partial charge in [-0.05, 0) is 26.7 Å². The summed E-state index contributed by atoms with van der Waals surface area (Å²) in [5.74, 6) is -0.232. The summed E-state index contributed by atoms with van der Waals surface area (Å²) in [6, 6.07) is 2.07. The van der Waals surface area contributed by atoms with E-state index in [2.05, 4.69) is 26.6 Å². The van der Waals surface area contributed by atoms with Gasteiger partial charge in [-0.2, -0.15) is 10.4 Å². The Kier molecular flexibility index (Phi) is 4.32. The molecule has 0 radical (unpaired) electrons. The van der Waals surface area contributed by atoms with Gasteiger partial charge in [-0.3, -0.25) is 10.1 Å². The molecule has 0 unspecified atom stereocenters. The van der Waals surface area contributed by atoms with Crippen molar-refractivity contribution in [1.82, 2.24) is 15.2 Å². The fourth-order valence-electron chi connectivity index (χ4n) is 1.51. The Balaban J connectivity index is 2.94. The van der Waals surface area contributed by atoms with Gasteiger partial charge in [-0.15, -0.1) is 5.10 Å². The molecule has 18 heavy (non-hydrogen) atoms. The summed E-state index contributed by atoms with van der Waals surface area (Å²) in [5, 5.41) is 19.4. The summed E-state index contributed by atoms with van der Waals surface area (Å²) in [6.45, 7) is 7.20. The van der Waals surface area contributed by atoms with E-state index >= 15 is 0 Å². The van der Waals surface area contributed by atoms with E-state index in [1.807, 2.05) is 13.8 Å². The molecule has 0 saturated heterocycles. The first kappa shape index (κ1) is 14.0. The molecule has 0 spiro atoms. The summed E-state index contributed by atoms with van der Waals surface area (Å²) in [4.78, 5) is 16.2. The molecule has 1 aromatic rings. The van der Waals surface area contributed by atoms with Gasteiger partial charge in [0.1, 0.15) is 5.41 Å². The zero-order chi connectivity index (χ0) is 13.8. The van der Waals surface area contributed by atoms with E-state index in [0.29, 0.717) is 24.2 Å². The Morgan fingerprint density at radius 1 is 1.28 bits per heavy atom. The van der Waals surface area contributed by atoms with Gasteiger partial charge in [-0.25, -0.2) is 4.98 Å². The largest absolute Gasteiger partial charge is 0.292 e. The second-order valence-electron chi connectivity index (χ2n) is 4.16. The van der Waals surface area contributed by atoms with E-state index in [-0.39, 0.29) is 11.9 Å². The van der Waals surface area contributed by atoms with Gasteiger partial charge in [0.25, 0.3) is 0 Å². The molecular weight excluding hydrogens is 230 g/mol. The van der Waals surface area contributed by atoms with Crippen LogP contribution in [0.15, 0.2) is 0 Å². The number of aromatic nitrogens is 3. The number of nitriles is 1. The van der Waals surface area contributed by atoms with Gasteiger partial charge in [0, 0.05) is 0 Å². The highest BCUT2D eigenvalue weighted by Gasteiger charge is 2.35. The Morgan fingerprint density at radius 2 is 1.89 bits per heavy atom. The molecular formula is C12H17N5O. The maximum atomic E-state index is 12.1. The first-order valence-corrected chi connectivity index (χ1v) is 5.89. The number of hydrogen-bond donors (Lipinski definition) is 1. The molecule has 0 aliphatic carbocycles. The number of rotatable bonds is 4. The second kappa shape index (κ2) is 5.54. The van der Waals surface area contributed by atoms with E-state index < -0.39 is 5.41 Å². The molecule has 0 fully saturated rings. The smallest absolute Gasteiger partial charge is 0.249 e. The molecule has 0 aliphatic rings. The van der Waals surface area contributed by atoms with Gasteiger partial charge in [-0.1, -0.05) is 13.8 Å². The van der Waals surface area contributed by atoms with Crippen LogP contribution < -0.4 is 5.32 Å². The van der Waals surface area contributed by atoms with Gasteiger partial charge in [0.2, 0.25) is 11.9 Å². The van der Waals surface area contributed by atoms with Crippen molar-refractivity contribution >= 4 is 11.9 Å². The van der Waals surface area contributed by atoms with Crippen LogP contribution in [0.5, 0.6) is 0 Å². The molecule has 0 saturated carbocycles. The molecule has 1 heterocycles. The predicted molar refractivity (Wildman–Crippen MR) is 66.6 cm³/mol. The summed E-state index contributed by atoms with van der Waals surface area (Å²) < 4.78 is 0. The third kappa shape index (κ3) is 2.62. The molecule has 0 atom stereocenters. The lowest BCUT2D eigenvalue weighted by atomic mass is 9.83. The third-order valence-electron chi connectivity index (χ3n) is 3.17. The van der Waals surface area contributed by atoms with Crippen LogP contribution in [-0.2, 0) is 4.79 Å². The minimum Gasteiger partial charge on any atom is -0.292 e. The van der Waals surface area contributed by atoms with Crippen LogP contribution in [0.2, 0.25) is 0 Å². The van der Waals surface area contributed by atoms with Crippen molar-refractivity contribution in [3.05, 3.63) is 11.4 Å². The Hall–Kier alpha value is -2.03. The highest BCUT2D eigenvalue weighted by molar-refractivity contribution is 5.95. The van der Waals surface area contributed by atoms with Gasteiger partial charge in [0.05, 0.1) is 17.5 Å². The zero-order valence-electron chi connectivity index (χ0n) is 11.1. The SMILES string of the molecule is CCC(C#N)(CC)C(=O)Nc1nnc(C)c(C)n1. The highest BCUT2D eigenvalue weighted by Crippen LogP contribution is 2.26. The number of carbonyl (C=O) groups excluding carboxylic acids is 1. The van der Waals surface area contributed by atoms with E-state index in [1.54, 1.807) is 13.8 Å². The van der Waals surface area contributed by atoms with E-state index in [1.165, 1.54) is 0 Å². The molecule has 1 aromatic heterocycles. The highest BCUT2D eigenvalue weighted by atomic mass is 16.2. The lowest BCUT2D eigenvalue weighted by Gasteiger charge is -2.21. The van der Waals surface area contributed by atoms with Crippen LogP contribution in [0.4, 0.5) is 5.95 Å². The number of carbonyl (C=O) groups is 1. The van der Waals surface area contributed by atoms with Crippen LogP contribution in [0.25, 0.3) is 0 Å². The van der Waals surface area contributed by atoms with Crippen molar-refractivity contribution in [2.24, 2.45) is 5.41 Å². The first-order chi connectivity index (χ1) is 8.49. The average Bonchev–Trinajstić information content (AvgIpc) is 2.37. The zero-order valence-corrected chi connectivity index (χ0v) is 11.1. The van der Waals surface area contributed by atoms with Crippen molar-refractivity contribution in [3.8, 4) is 6.07 Å². The van der Waals surface area contributed by atoms with Crippen LogP contribution in [0.3, 0.4) is 0 Å². The molecule has 1 N–H and O–H groups in total. The molecule has 6 heteroatoms. The van der Waals surface area contributed by atoms with E-state index in [4.69, 9.17) is 5.26 Å². The van der Waals surface area contributed by atoms with E-state index in [9.17, 15) is 4.79 Å². The number of anilines is 1. The Bertz CT molecular complexity index is 488. The number of amides is 1. The van der Waals surface area contributed by atoms with Gasteiger partial charge >= 0.3 is 0 Å². The number of aryl methyl sites for hydroxylation is 2. The van der Waals surface area contributed by atoms with Gasteiger partial charge in [0.15, 0.2) is 0 Å². The van der Waals surface area contributed by atoms with Crippen molar-refractivity contribution < 1.29 is 4.79 Å². The average molecular weight is 247 g/mol. The monoisotopic (exact) mass is 247 g/mol. The Labute approximate surface area is 106 Å². The topological polar surface area (TPSA) is 91.6 Å². The Morgan fingerprint density at radius 3 is 2.33 bits per heavy atom. The first-order valence-electron chi connectivity index (χ1n) is 5.89. The fraction of sp³-hybridized carbons (Fsp3) is 0.583. The lowest BCUT2D eigenvalue weighted by molar-refractivity contribution is -0.123. The molecule has 0 bridgehead atoms. The minimum absolute atomic E-state index is 0.143. The molecule has 0 aliphatic heterocycles. The normalized spacial score (nSPS) is 10.8. The minimum atomic E-state index is -1.03. The molecule has 0 aromatic carbocycles. The fourth-order valence-corrected chi connectivity index (χ4v) is 1.51. The maximum Gasteiger partial charge on any atom is 0.249 e. The molecule has 96 valence electrons. The van der Waals surface area contributed by atoms with Crippen LogP contribution in [0, 0.1) is 30.6 Å². The number of nitrogens with zero attached hydrogens (tertiary/aromatic N) is 4. The molecule has 1 rings (SSSR count). The molecule has 1 amide bonds. The number of hydrogen-bond acceptors (Lipinski definition) is 5. The third-order valence-corrected chi connectivity index (χ3v) is 3.17. The number of nitrogens with one attached hydrogen (secondary N) is 1. The second-order valence-corrected chi connectivity index (χ2v) is 4.16. The van der Waals surface area contributed by atoms with Crippen LogP contribution in [0.1, 0.15) is 38.1 Å². The predicted octanol–water partition coefficient (Wildman–Crippen LogP) is 1.76. The van der Waals surface area contributed by atoms with Crippen molar-refractivity contribution in [2.75, 3.05) is 5.32 Å². The van der Waals surface area contributed by atoms with Crippen LogP contribution >= 0.6 is 0 Å². The van der Waals surface area contributed by atoms with Crippen molar-refractivity contribution in [3.63, 3.8) is 0 Å². The summed E-state index contributed by atoms with van der Waals surface area (Å²) >= 11 is 0. The van der Waals surface area contributed by atoms with Gasteiger partial charge < -0.3 is 0 Å². The summed E-state index contributed by atoms with van der Waals surface area (Å²) in [7, 11) is 0. The maximum absolute atomic E-state index is 12.1. The molecule has 6 nitrogen and oxygen atoms in total. The standard InChI is InChI=1S/C12H17N5O/c1-5-12(6-2,7-13)10(18)15-11-14-8(3)9(4)16-17-11/h5-6H2,1-4H3,(H,14,15,17,18).